The van der Waals surface area contributed by atoms with Crippen molar-refractivity contribution in [2.45, 2.75) is 32.9 Å². The molecule has 4 N–H and O–H groups in total. The molecule has 138 valence electrons. The van der Waals surface area contributed by atoms with E-state index in [1.54, 1.807) is 12.1 Å². The van der Waals surface area contributed by atoms with E-state index in [9.17, 15) is 9.59 Å². The quantitative estimate of drug-likeness (QED) is 0.699. The summed E-state index contributed by atoms with van der Waals surface area (Å²) in [6, 6.07) is 2.89. The number of carbonyl (C=O) groups excluding carboxylic acids is 2. The van der Waals surface area contributed by atoms with E-state index in [1.807, 2.05) is 13.8 Å². The minimum absolute atomic E-state index is 0.00648. The van der Waals surface area contributed by atoms with Crippen molar-refractivity contribution < 1.29 is 19.1 Å². The fourth-order valence-electron chi connectivity index (χ4n) is 2.24. The highest BCUT2D eigenvalue weighted by Gasteiger charge is 2.18. The summed E-state index contributed by atoms with van der Waals surface area (Å²) in [7, 11) is 0. The molecule has 0 bridgehead atoms. The largest absolute Gasteiger partial charge is 0.489 e. The molecule has 0 aromatic heterocycles. The summed E-state index contributed by atoms with van der Waals surface area (Å²) in [6.45, 7) is 4.94. The molecule has 1 aromatic carbocycles. The molecule has 1 aliphatic rings. The Morgan fingerprint density at radius 2 is 1.96 bits per heavy atom. The maximum Gasteiger partial charge on any atom is 0.239 e. The Morgan fingerprint density at radius 1 is 1.24 bits per heavy atom. The minimum Gasteiger partial charge on any atom is -0.489 e. The molecule has 0 saturated heterocycles. The molecule has 2 amide bonds. The van der Waals surface area contributed by atoms with E-state index in [0.29, 0.717) is 29.7 Å². The smallest absolute Gasteiger partial charge is 0.239 e. The summed E-state index contributed by atoms with van der Waals surface area (Å²) in [5.74, 6) is 0.456. The van der Waals surface area contributed by atoms with E-state index < -0.39 is 6.04 Å². The molecule has 1 aromatic rings. The van der Waals surface area contributed by atoms with Crippen LogP contribution < -0.4 is 25.8 Å². The molecule has 0 aliphatic carbocycles. The topological polar surface area (TPSA) is 103 Å². The van der Waals surface area contributed by atoms with Crippen LogP contribution in [0.15, 0.2) is 12.1 Å². The summed E-state index contributed by atoms with van der Waals surface area (Å²) in [4.78, 5) is 23.6. The van der Waals surface area contributed by atoms with Crippen LogP contribution in [0.3, 0.4) is 0 Å². The lowest BCUT2D eigenvalue weighted by Crippen LogP contribution is -2.47. The Morgan fingerprint density at radius 3 is 2.68 bits per heavy atom. The number of amides is 2. The predicted octanol–water partition coefficient (Wildman–Crippen LogP) is 1.22. The molecule has 1 atom stereocenters. The Kier molecular flexibility index (Phi) is 6.90. The van der Waals surface area contributed by atoms with Gasteiger partial charge in [-0.3, -0.25) is 9.59 Å². The fraction of sp³-hybridized carbons (Fsp3) is 0.529. The molecule has 0 spiro atoms. The van der Waals surface area contributed by atoms with Crippen molar-refractivity contribution in [2.75, 3.05) is 19.8 Å². The lowest BCUT2D eigenvalue weighted by Gasteiger charge is -2.15. The average molecular weight is 370 g/mol. The SMILES string of the molecule is CC(C)[C@H](N)C(=O)NCC(=O)NCc1cc(Cl)c2c(c1)OCCCO2. The molecular formula is C17H24ClN3O4. The number of carbonyl (C=O) groups is 2. The fourth-order valence-corrected chi connectivity index (χ4v) is 2.53. The normalized spacial score (nSPS) is 14.6. The standard InChI is InChI=1S/C17H24ClN3O4/c1-10(2)15(19)17(23)21-9-14(22)20-8-11-6-12(18)16-13(7-11)24-4-3-5-25-16/h6-7,10,15H,3-5,8-9,19H2,1-2H3,(H,20,22)(H,21,23)/t15-/m0/s1. The number of rotatable bonds is 6. The number of nitrogens with two attached hydrogens (primary N) is 1. The highest BCUT2D eigenvalue weighted by molar-refractivity contribution is 6.32. The number of fused-ring (bicyclic) bond motifs is 1. The van der Waals surface area contributed by atoms with Gasteiger partial charge in [-0.15, -0.1) is 0 Å². The van der Waals surface area contributed by atoms with E-state index in [1.165, 1.54) is 0 Å². The molecule has 1 heterocycles. The Bertz CT molecular complexity index is 637. The lowest BCUT2D eigenvalue weighted by molar-refractivity contribution is -0.127. The first-order chi connectivity index (χ1) is 11.9. The van der Waals surface area contributed by atoms with Gasteiger partial charge in [0.05, 0.1) is 30.8 Å². The third-order valence-electron chi connectivity index (χ3n) is 3.80. The predicted molar refractivity (Wildman–Crippen MR) is 94.7 cm³/mol. The second-order valence-electron chi connectivity index (χ2n) is 6.22. The number of benzene rings is 1. The van der Waals surface area contributed by atoms with Gasteiger partial charge in [0.2, 0.25) is 11.8 Å². The summed E-state index contributed by atoms with van der Waals surface area (Å²) < 4.78 is 11.2. The molecule has 8 heteroatoms. The zero-order valence-electron chi connectivity index (χ0n) is 14.4. The molecule has 0 fully saturated rings. The van der Waals surface area contributed by atoms with Crippen molar-refractivity contribution in [3.8, 4) is 11.5 Å². The van der Waals surface area contributed by atoms with E-state index in [0.717, 1.165) is 12.0 Å². The summed E-state index contributed by atoms with van der Waals surface area (Å²) >= 11 is 6.21. The average Bonchev–Trinajstić information content (AvgIpc) is 2.82. The van der Waals surface area contributed by atoms with Gasteiger partial charge < -0.3 is 25.8 Å². The molecule has 1 aliphatic heterocycles. The van der Waals surface area contributed by atoms with Gasteiger partial charge >= 0.3 is 0 Å². The third-order valence-corrected chi connectivity index (χ3v) is 4.08. The van der Waals surface area contributed by atoms with E-state index in [2.05, 4.69) is 10.6 Å². The van der Waals surface area contributed by atoms with Crippen molar-refractivity contribution in [3.05, 3.63) is 22.7 Å². The van der Waals surface area contributed by atoms with E-state index >= 15 is 0 Å². The monoisotopic (exact) mass is 369 g/mol. The van der Waals surface area contributed by atoms with Gasteiger partial charge in [0, 0.05) is 13.0 Å². The van der Waals surface area contributed by atoms with Crippen LogP contribution in [-0.4, -0.2) is 37.6 Å². The van der Waals surface area contributed by atoms with Crippen LogP contribution in [0.2, 0.25) is 5.02 Å². The van der Waals surface area contributed by atoms with Crippen LogP contribution in [-0.2, 0) is 16.1 Å². The van der Waals surface area contributed by atoms with Crippen molar-refractivity contribution in [1.29, 1.82) is 0 Å². The van der Waals surface area contributed by atoms with E-state index in [4.69, 9.17) is 26.8 Å². The Labute approximate surface area is 152 Å². The van der Waals surface area contributed by atoms with Crippen molar-refractivity contribution in [3.63, 3.8) is 0 Å². The molecule has 0 saturated carbocycles. The van der Waals surface area contributed by atoms with Gasteiger partial charge in [-0.05, 0) is 23.6 Å². The maximum absolute atomic E-state index is 11.9. The molecule has 0 unspecified atom stereocenters. The first-order valence-electron chi connectivity index (χ1n) is 8.26. The van der Waals surface area contributed by atoms with Crippen LogP contribution in [0.4, 0.5) is 0 Å². The molecular weight excluding hydrogens is 346 g/mol. The maximum atomic E-state index is 11.9. The highest BCUT2D eigenvalue weighted by Crippen LogP contribution is 2.37. The highest BCUT2D eigenvalue weighted by atomic mass is 35.5. The minimum atomic E-state index is -0.631. The van der Waals surface area contributed by atoms with Crippen LogP contribution in [0.5, 0.6) is 11.5 Å². The summed E-state index contributed by atoms with van der Waals surface area (Å²) in [6.07, 6.45) is 0.787. The van der Waals surface area contributed by atoms with Crippen molar-refractivity contribution in [1.82, 2.24) is 10.6 Å². The number of hydrogen-bond acceptors (Lipinski definition) is 5. The van der Waals surface area contributed by atoms with E-state index in [-0.39, 0.29) is 30.8 Å². The van der Waals surface area contributed by atoms with Crippen LogP contribution in [0, 0.1) is 5.92 Å². The second kappa shape index (κ2) is 8.92. The van der Waals surface area contributed by atoms with Crippen molar-refractivity contribution in [2.24, 2.45) is 11.7 Å². The van der Waals surface area contributed by atoms with Gasteiger partial charge in [-0.2, -0.15) is 0 Å². The Hall–Kier alpha value is -1.99. The van der Waals surface area contributed by atoms with Crippen LogP contribution in [0.25, 0.3) is 0 Å². The first kappa shape index (κ1) is 19.3. The zero-order chi connectivity index (χ0) is 18.4. The first-order valence-corrected chi connectivity index (χ1v) is 8.64. The van der Waals surface area contributed by atoms with Gasteiger partial charge in [0.15, 0.2) is 11.5 Å². The van der Waals surface area contributed by atoms with Crippen LogP contribution >= 0.6 is 11.6 Å². The lowest BCUT2D eigenvalue weighted by atomic mass is 10.1. The molecule has 7 nitrogen and oxygen atoms in total. The van der Waals surface area contributed by atoms with Gasteiger partial charge in [-0.1, -0.05) is 25.4 Å². The van der Waals surface area contributed by atoms with Gasteiger partial charge in [-0.25, -0.2) is 0 Å². The Balaban J connectivity index is 1.87. The van der Waals surface area contributed by atoms with Crippen LogP contribution in [0.1, 0.15) is 25.8 Å². The molecule has 25 heavy (non-hydrogen) atoms. The summed E-state index contributed by atoms with van der Waals surface area (Å²) in [5, 5.41) is 5.69. The van der Waals surface area contributed by atoms with Crippen molar-refractivity contribution >= 4 is 23.4 Å². The van der Waals surface area contributed by atoms with Gasteiger partial charge in [0.1, 0.15) is 0 Å². The second-order valence-corrected chi connectivity index (χ2v) is 6.63. The van der Waals surface area contributed by atoms with Gasteiger partial charge in [0.25, 0.3) is 0 Å². The molecule has 0 radical (unpaired) electrons. The number of halogens is 1. The molecule has 2 rings (SSSR count). The number of hydrogen-bond donors (Lipinski definition) is 3. The summed E-state index contributed by atoms with van der Waals surface area (Å²) in [5.41, 5.74) is 6.51. The number of ether oxygens (including phenoxy) is 2. The zero-order valence-corrected chi connectivity index (χ0v) is 15.2. The number of nitrogens with one attached hydrogen (secondary N) is 2. The third kappa shape index (κ3) is 5.51.